The van der Waals surface area contributed by atoms with Crippen LogP contribution < -0.4 is 5.73 Å². The molecule has 0 bridgehead atoms. The van der Waals surface area contributed by atoms with E-state index in [9.17, 15) is 4.79 Å². The quantitative estimate of drug-likeness (QED) is 0.593. The number of piperidine rings is 1. The average molecular weight is 188 g/mol. The Bertz CT molecular complexity index is 188. The van der Waals surface area contributed by atoms with Crippen molar-refractivity contribution in [3.8, 4) is 0 Å². The van der Waals surface area contributed by atoms with Gasteiger partial charge in [0.05, 0.1) is 4.99 Å². The first-order valence-corrected chi connectivity index (χ1v) is 4.29. The minimum Gasteiger partial charge on any atom is -0.465 e. The Morgan fingerprint density at radius 2 is 2.33 bits per heavy atom. The summed E-state index contributed by atoms with van der Waals surface area (Å²) in [4.78, 5) is 12.4. The second kappa shape index (κ2) is 3.71. The van der Waals surface area contributed by atoms with Gasteiger partial charge in [0.1, 0.15) is 0 Å². The molecule has 1 aliphatic heterocycles. The van der Waals surface area contributed by atoms with Crippen LogP contribution in [-0.2, 0) is 0 Å². The summed E-state index contributed by atoms with van der Waals surface area (Å²) < 4.78 is 0. The van der Waals surface area contributed by atoms with Gasteiger partial charge in [-0.1, -0.05) is 12.2 Å². The summed E-state index contributed by atoms with van der Waals surface area (Å²) in [5.74, 6) is 0.0739. The summed E-state index contributed by atoms with van der Waals surface area (Å²) in [7, 11) is 0. The van der Waals surface area contributed by atoms with E-state index in [0.29, 0.717) is 18.1 Å². The van der Waals surface area contributed by atoms with Crippen molar-refractivity contribution >= 4 is 23.3 Å². The maximum atomic E-state index is 10.6. The normalized spacial score (nSPS) is 23.7. The van der Waals surface area contributed by atoms with E-state index in [2.05, 4.69) is 0 Å². The van der Waals surface area contributed by atoms with Crippen LogP contribution in [0.3, 0.4) is 0 Å². The highest BCUT2D eigenvalue weighted by Gasteiger charge is 2.24. The lowest BCUT2D eigenvalue weighted by atomic mass is 9.99. The van der Waals surface area contributed by atoms with Gasteiger partial charge in [-0.25, -0.2) is 4.79 Å². The molecule has 1 fully saturated rings. The molecular weight excluding hydrogens is 176 g/mol. The van der Waals surface area contributed by atoms with Crippen LogP contribution in [0.15, 0.2) is 0 Å². The van der Waals surface area contributed by atoms with E-state index < -0.39 is 6.09 Å². The lowest BCUT2D eigenvalue weighted by molar-refractivity contribution is 0.129. The lowest BCUT2D eigenvalue weighted by Crippen LogP contribution is -2.42. The molecule has 0 saturated carbocycles. The van der Waals surface area contributed by atoms with E-state index in [4.69, 9.17) is 23.1 Å². The molecular formula is C7H12N2O2S. The zero-order valence-electron chi connectivity index (χ0n) is 6.69. The average Bonchev–Trinajstić information content (AvgIpc) is 2.04. The van der Waals surface area contributed by atoms with Crippen LogP contribution in [0.1, 0.15) is 12.8 Å². The Morgan fingerprint density at radius 3 is 2.83 bits per heavy atom. The van der Waals surface area contributed by atoms with Crippen molar-refractivity contribution < 1.29 is 9.90 Å². The maximum absolute atomic E-state index is 10.6. The molecule has 1 amide bonds. The van der Waals surface area contributed by atoms with Crippen molar-refractivity contribution in [2.45, 2.75) is 12.8 Å². The zero-order valence-corrected chi connectivity index (χ0v) is 7.51. The highest BCUT2D eigenvalue weighted by Crippen LogP contribution is 2.16. The lowest BCUT2D eigenvalue weighted by Gasteiger charge is -2.29. The molecule has 0 aromatic rings. The number of amides is 1. The first-order chi connectivity index (χ1) is 5.61. The van der Waals surface area contributed by atoms with Gasteiger partial charge in [-0.15, -0.1) is 0 Å². The number of nitrogens with two attached hydrogens (primary N) is 1. The number of carbonyl (C=O) groups is 1. The number of rotatable bonds is 1. The van der Waals surface area contributed by atoms with Crippen LogP contribution in [-0.4, -0.2) is 34.2 Å². The van der Waals surface area contributed by atoms with Crippen LogP contribution in [0, 0.1) is 5.92 Å². The van der Waals surface area contributed by atoms with E-state index in [0.717, 1.165) is 12.8 Å². The minimum absolute atomic E-state index is 0.0739. The van der Waals surface area contributed by atoms with Crippen LogP contribution in [0.25, 0.3) is 0 Å². The third-order valence-corrected chi connectivity index (χ3v) is 2.43. The fourth-order valence-electron chi connectivity index (χ4n) is 1.38. The van der Waals surface area contributed by atoms with Crippen LogP contribution in [0.5, 0.6) is 0 Å². The van der Waals surface area contributed by atoms with Gasteiger partial charge in [0.15, 0.2) is 0 Å². The van der Waals surface area contributed by atoms with Crippen molar-refractivity contribution in [2.24, 2.45) is 11.7 Å². The molecule has 1 rings (SSSR count). The largest absolute Gasteiger partial charge is 0.465 e. The summed E-state index contributed by atoms with van der Waals surface area (Å²) in [6.45, 7) is 1.07. The van der Waals surface area contributed by atoms with Crippen molar-refractivity contribution in [2.75, 3.05) is 13.1 Å². The van der Waals surface area contributed by atoms with Crippen molar-refractivity contribution in [3.63, 3.8) is 0 Å². The third kappa shape index (κ3) is 2.07. The summed E-state index contributed by atoms with van der Waals surface area (Å²) in [5, 5.41) is 8.68. The predicted octanol–water partition coefficient (Wildman–Crippen LogP) is 0.663. The topological polar surface area (TPSA) is 66.6 Å². The summed E-state index contributed by atoms with van der Waals surface area (Å²) in [5.41, 5.74) is 5.44. The van der Waals surface area contributed by atoms with E-state index in [1.54, 1.807) is 0 Å². The Kier molecular flexibility index (Phi) is 2.86. The molecule has 1 saturated heterocycles. The number of hydrogen-bond donors (Lipinski definition) is 2. The van der Waals surface area contributed by atoms with Crippen LogP contribution >= 0.6 is 12.2 Å². The number of carboxylic acid groups (broad SMARTS) is 1. The van der Waals surface area contributed by atoms with Crippen LogP contribution in [0.2, 0.25) is 0 Å². The molecule has 0 aromatic carbocycles. The molecule has 12 heavy (non-hydrogen) atoms. The summed E-state index contributed by atoms with van der Waals surface area (Å²) in [6, 6.07) is 0. The molecule has 3 N–H and O–H groups in total. The van der Waals surface area contributed by atoms with E-state index in [1.807, 2.05) is 0 Å². The van der Waals surface area contributed by atoms with Gasteiger partial charge in [0.2, 0.25) is 0 Å². The second-order valence-corrected chi connectivity index (χ2v) is 3.44. The number of likely N-dealkylation sites (tertiary alicyclic amines) is 1. The minimum atomic E-state index is -0.879. The van der Waals surface area contributed by atoms with E-state index in [1.165, 1.54) is 4.90 Å². The van der Waals surface area contributed by atoms with Gasteiger partial charge in [-0.2, -0.15) is 0 Å². The molecule has 0 spiro atoms. The molecule has 5 heteroatoms. The molecule has 0 aliphatic carbocycles. The third-order valence-electron chi connectivity index (χ3n) is 2.09. The van der Waals surface area contributed by atoms with Gasteiger partial charge in [-0.05, 0) is 12.8 Å². The highest BCUT2D eigenvalue weighted by molar-refractivity contribution is 7.80. The fourth-order valence-corrected chi connectivity index (χ4v) is 1.58. The van der Waals surface area contributed by atoms with Crippen molar-refractivity contribution in [1.29, 1.82) is 0 Å². The first kappa shape index (κ1) is 9.25. The molecule has 1 aliphatic rings. The predicted molar refractivity (Wildman–Crippen MR) is 49.1 cm³/mol. The Labute approximate surface area is 76.3 Å². The Morgan fingerprint density at radius 1 is 1.67 bits per heavy atom. The van der Waals surface area contributed by atoms with Gasteiger partial charge < -0.3 is 15.7 Å². The van der Waals surface area contributed by atoms with Gasteiger partial charge in [-0.3, -0.25) is 0 Å². The Hall–Kier alpha value is -0.840. The summed E-state index contributed by atoms with van der Waals surface area (Å²) in [6.07, 6.45) is 0.893. The standard InChI is InChI=1S/C7H12N2O2S/c8-6(12)5-2-1-3-9(4-5)7(10)11/h5H,1-4H2,(H2,8,12)(H,10,11). The van der Waals surface area contributed by atoms with Crippen LogP contribution in [0.4, 0.5) is 4.79 Å². The number of thiocarbonyl (C=S) groups is 1. The molecule has 0 radical (unpaired) electrons. The Balaban J connectivity index is 2.51. The van der Waals surface area contributed by atoms with Crippen molar-refractivity contribution in [3.05, 3.63) is 0 Å². The monoisotopic (exact) mass is 188 g/mol. The molecule has 1 heterocycles. The second-order valence-electron chi connectivity index (χ2n) is 2.97. The van der Waals surface area contributed by atoms with Crippen molar-refractivity contribution in [1.82, 2.24) is 4.90 Å². The molecule has 1 atom stereocenters. The zero-order chi connectivity index (χ0) is 9.14. The SMILES string of the molecule is NC(=S)C1CCCN(C(=O)O)C1. The van der Waals surface area contributed by atoms with Gasteiger partial charge in [0.25, 0.3) is 0 Å². The van der Waals surface area contributed by atoms with Gasteiger partial charge >= 0.3 is 6.09 Å². The molecule has 1 unspecified atom stereocenters. The maximum Gasteiger partial charge on any atom is 0.407 e. The highest BCUT2D eigenvalue weighted by atomic mass is 32.1. The number of hydrogen-bond acceptors (Lipinski definition) is 2. The number of nitrogens with zero attached hydrogens (tertiary/aromatic N) is 1. The molecule has 0 aromatic heterocycles. The van der Waals surface area contributed by atoms with E-state index >= 15 is 0 Å². The fraction of sp³-hybridized carbons (Fsp3) is 0.714. The van der Waals surface area contributed by atoms with E-state index in [-0.39, 0.29) is 5.92 Å². The van der Waals surface area contributed by atoms with Gasteiger partial charge in [0, 0.05) is 19.0 Å². The first-order valence-electron chi connectivity index (χ1n) is 3.88. The molecule has 68 valence electrons. The summed E-state index contributed by atoms with van der Waals surface area (Å²) >= 11 is 4.81. The smallest absolute Gasteiger partial charge is 0.407 e. The molecule has 4 nitrogen and oxygen atoms in total.